The third kappa shape index (κ3) is 3.35. The molecule has 0 radical (unpaired) electrons. The van der Waals surface area contributed by atoms with Crippen molar-refractivity contribution in [3.05, 3.63) is 40.7 Å². The summed E-state index contributed by atoms with van der Waals surface area (Å²) in [4.78, 5) is 5.13. The molecule has 3 nitrogen and oxygen atoms in total. The van der Waals surface area contributed by atoms with Crippen LogP contribution in [0.5, 0.6) is 0 Å². The van der Waals surface area contributed by atoms with Crippen molar-refractivity contribution >= 4 is 34.6 Å². The van der Waals surface area contributed by atoms with Crippen LogP contribution in [0.25, 0.3) is 0 Å². The first-order valence-electron chi connectivity index (χ1n) is 10.6. The fraction of sp³-hybridized carbons (Fsp3) is 0.591. The quantitative estimate of drug-likeness (QED) is 0.505. The molecule has 4 atom stereocenters. The summed E-state index contributed by atoms with van der Waals surface area (Å²) in [5.41, 5.74) is 2.35. The van der Waals surface area contributed by atoms with Crippen molar-refractivity contribution in [3.8, 4) is 0 Å². The lowest BCUT2D eigenvalue weighted by molar-refractivity contribution is 0.0132. The zero-order chi connectivity index (χ0) is 19.3. The molecule has 3 heterocycles. The number of hydrogen-bond donors (Lipinski definition) is 1. The number of thiocarbonyl (C=S) groups is 1. The van der Waals surface area contributed by atoms with E-state index in [0.717, 1.165) is 35.7 Å². The second-order valence-corrected chi connectivity index (χ2v) is 9.55. The summed E-state index contributed by atoms with van der Waals surface area (Å²) in [5, 5.41) is 4.16. The maximum atomic E-state index is 13.5. The van der Waals surface area contributed by atoms with Gasteiger partial charge in [-0.2, -0.15) is 0 Å². The minimum Gasteiger partial charge on any atom is -0.342 e. The molecular weight excluding hydrogens is 393 g/mol. The Balaban J connectivity index is 1.38. The third-order valence-electron chi connectivity index (χ3n) is 7.09. The Hall–Kier alpha value is -1.17. The topological polar surface area (TPSA) is 18.5 Å². The number of halogens is 2. The van der Waals surface area contributed by atoms with E-state index in [1.165, 1.54) is 51.3 Å². The van der Waals surface area contributed by atoms with Crippen LogP contribution in [0.4, 0.5) is 10.1 Å². The molecule has 6 heteroatoms. The predicted molar refractivity (Wildman–Crippen MR) is 116 cm³/mol. The van der Waals surface area contributed by atoms with Crippen molar-refractivity contribution in [2.75, 3.05) is 25.0 Å². The van der Waals surface area contributed by atoms with Crippen LogP contribution in [0, 0.1) is 17.7 Å². The van der Waals surface area contributed by atoms with E-state index in [0.29, 0.717) is 12.0 Å². The van der Waals surface area contributed by atoms with Crippen molar-refractivity contribution in [1.82, 2.24) is 9.80 Å². The summed E-state index contributed by atoms with van der Waals surface area (Å²) < 4.78 is 13.5. The number of hydrogen-bond acceptors (Lipinski definition) is 2. The van der Waals surface area contributed by atoms with Crippen molar-refractivity contribution in [1.29, 1.82) is 0 Å². The fourth-order valence-electron chi connectivity index (χ4n) is 5.97. The number of rotatable bonds is 1. The molecule has 2 unspecified atom stereocenters. The van der Waals surface area contributed by atoms with Gasteiger partial charge < -0.3 is 10.2 Å². The van der Waals surface area contributed by atoms with Gasteiger partial charge in [0, 0.05) is 24.8 Å². The van der Waals surface area contributed by atoms with E-state index in [1.807, 2.05) is 0 Å². The van der Waals surface area contributed by atoms with Crippen LogP contribution >= 0.6 is 23.8 Å². The first-order chi connectivity index (χ1) is 13.6. The predicted octanol–water partition coefficient (Wildman–Crippen LogP) is 5.07. The van der Waals surface area contributed by atoms with Gasteiger partial charge in [-0.05, 0) is 80.9 Å². The number of piperidine rings is 3. The minimum atomic E-state index is -0.405. The lowest BCUT2D eigenvalue weighted by Crippen LogP contribution is -2.60. The standard InChI is InChI=1S/C22H27ClFN3S/c23-18-12-17(6-7-19(18)24)25-22(28)27-9-3-4-14-10-15-11-16(21(14)27)13-26-8-2-1-5-20(15)26/h6-7,10,12,15-16,20-21H,1-5,8-9,11,13H2,(H,25,28)/t15?,16?,20-,21-/m1/s1. The molecule has 0 spiro atoms. The molecule has 3 fully saturated rings. The van der Waals surface area contributed by atoms with E-state index < -0.39 is 5.82 Å². The summed E-state index contributed by atoms with van der Waals surface area (Å²) in [6, 6.07) is 5.87. The third-order valence-corrected chi connectivity index (χ3v) is 7.72. The molecule has 0 amide bonds. The van der Waals surface area contributed by atoms with Crippen molar-refractivity contribution in [2.24, 2.45) is 11.8 Å². The highest BCUT2D eigenvalue weighted by molar-refractivity contribution is 7.80. The first-order valence-corrected chi connectivity index (χ1v) is 11.4. The maximum absolute atomic E-state index is 13.5. The molecule has 150 valence electrons. The molecule has 28 heavy (non-hydrogen) atoms. The Morgan fingerprint density at radius 3 is 2.96 bits per heavy atom. The number of fused-ring (bicyclic) bond motifs is 6. The second kappa shape index (κ2) is 7.58. The summed E-state index contributed by atoms with van der Waals surface area (Å²) in [6.07, 6.45) is 10.3. The molecule has 0 saturated carbocycles. The Labute approximate surface area is 176 Å². The van der Waals surface area contributed by atoms with E-state index in [9.17, 15) is 4.39 Å². The van der Waals surface area contributed by atoms with E-state index in [4.69, 9.17) is 23.8 Å². The highest BCUT2D eigenvalue weighted by atomic mass is 35.5. The van der Waals surface area contributed by atoms with Crippen LogP contribution in [0.15, 0.2) is 29.8 Å². The van der Waals surface area contributed by atoms with Crippen LogP contribution in [-0.2, 0) is 0 Å². The Bertz CT molecular complexity index is 813. The molecular formula is C22H27ClFN3S. The normalized spacial score (nSPS) is 32.2. The number of nitrogens with one attached hydrogen (secondary N) is 1. The molecule has 5 rings (SSSR count). The highest BCUT2D eigenvalue weighted by Crippen LogP contribution is 2.45. The van der Waals surface area contributed by atoms with Gasteiger partial charge in [-0.1, -0.05) is 29.7 Å². The van der Waals surface area contributed by atoms with Gasteiger partial charge in [0.15, 0.2) is 5.11 Å². The second-order valence-electron chi connectivity index (χ2n) is 8.76. The monoisotopic (exact) mass is 419 g/mol. The van der Waals surface area contributed by atoms with Crippen LogP contribution in [0.1, 0.15) is 38.5 Å². The van der Waals surface area contributed by atoms with Crippen LogP contribution in [-0.4, -0.2) is 46.6 Å². The van der Waals surface area contributed by atoms with E-state index in [2.05, 4.69) is 21.2 Å². The van der Waals surface area contributed by atoms with Crippen molar-refractivity contribution in [2.45, 2.75) is 50.6 Å². The molecule has 3 aliphatic heterocycles. The zero-order valence-corrected chi connectivity index (χ0v) is 17.6. The van der Waals surface area contributed by atoms with Crippen LogP contribution < -0.4 is 5.32 Å². The lowest BCUT2D eigenvalue weighted by atomic mass is 9.68. The van der Waals surface area contributed by atoms with Crippen molar-refractivity contribution in [3.63, 3.8) is 0 Å². The average Bonchev–Trinajstić information content (AvgIpc) is 2.70. The van der Waals surface area contributed by atoms with Crippen molar-refractivity contribution < 1.29 is 4.39 Å². The molecule has 0 aromatic heterocycles. The van der Waals surface area contributed by atoms with Gasteiger partial charge in [0.2, 0.25) is 0 Å². The Morgan fingerprint density at radius 1 is 1.21 bits per heavy atom. The number of anilines is 1. The Morgan fingerprint density at radius 2 is 2.11 bits per heavy atom. The summed E-state index contributed by atoms with van der Waals surface area (Å²) in [7, 11) is 0. The van der Waals surface area contributed by atoms with Crippen LogP contribution in [0.3, 0.4) is 0 Å². The van der Waals surface area contributed by atoms with Crippen LogP contribution in [0.2, 0.25) is 5.02 Å². The highest BCUT2D eigenvalue weighted by Gasteiger charge is 2.46. The number of benzene rings is 1. The largest absolute Gasteiger partial charge is 0.342 e. The van der Waals surface area contributed by atoms with E-state index in [-0.39, 0.29) is 5.02 Å². The maximum Gasteiger partial charge on any atom is 0.173 e. The molecule has 1 aromatic rings. The summed E-state index contributed by atoms with van der Waals surface area (Å²) in [5.74, 6) is 0.969. The molecule has 1 aliphatic carbocycles. The molecule has 1 N–H and O–H groups in total. The molecule has 2 bridgehead atoms. The van der Waals surface area contributed by atoms with E-state index in [1.54, 1.807) is 17.7 Å². The van der Waals surface area contributed by atoms with Gasteiger partial charge in [-0.3, -0.25) is 4.90 Å². The summed E-state index contributed by atoms with van der Waals surface area (Å²) in [6.45, 7) is 3.43. The minimum absolute atomic E-state index is 0.121. The molecule has 3 saturated heterocycles. The SMILES string of the molecule is Fc1ccc(NC(=S)N2CCCC3=CC4CC(CN5CCCC[C@H]45)[C@@H]32)cc1Cl. The molecule has 4 aliphatic rings. The number of likely N-dealkylation sites (tertiary alicyclic amines) is 1. The summed E-state index contributed by atoms with van der Waals surface area (Å²) >= 11 is 11.7. The molecule has 1 aromatic carbocycles. The van der Waals surface area contributed by atoms with Gasteiger partial charge in [-0.25, -0.2) is 4.39 Å². The van der Waals surface area contributed by atoms with Gasteiger partial charge in [0.1, 0.15) is 5.82 Å². The van der Waals surface area contributed by atoms with Gasteiger partial charge in [0.25, 0.3) is 0 Å². The smallest absolute Gasteiger partial charge is 0.173 e. The lowest BCUT2D eigenvalue weighted by Gasteiger charge is -2.55. The fourth-order valence-corrected chi connectivity index (χ4v) is 6.47. The van der Waals surface area contributed by atoms with Gasteiger partial charge >= 0.3 is 0 Å². The Kier molecular flexibility index (Phi) is 5.10. The van der Waals surface area contributed by atoms with Gasteiger partial charge in [-0.15, -0.1) is 0 Å². The number of nitrogens with zero attached hydrogens (tertiary/aromatic N) is 2. The first kappa shape index (κ1) is 18.8. The van der Waals surface area contributed by atoms with Gasteiger partial charge in [0.05, 0.1) is 11.1 Å². The zero-order valence-electron chi connectivity index (χ0n) is 16.0. The van der Waals surface area contributed by atoms with E-state index >= 15 is 0 Å². The average molecular weight is 420 g/mol.